The number of amides is 1. The predicted molar refractivity (Wildman–Crippen MR) is 91.2 cm³/mol. The summed E-state index contributed by atoms with van der Waals surface area (Å²) in [6.07, 6.45) is 6.86. The maximum atomic E-state index is 12.3. The Morgan fingerprint density at radius 2 is 2.08 bits per heavy atom. The SMILES string of the molecule is CNS(=O)(=O)C1CCN(CC(=O)Nc2ccnn2C2CCCC2)C1. The molecule has 1 aliphatic carbocycles. The molecule has 3 rings (SSSR count). The standard InChI is InChI=1S/C15H25N5O3S/c1-16-24(22,23)13-7-9-19(10-13)11-15(21)18-14-6-8-17-20(14)12-4-2-3-5-12/h6,8,12-13,16H,2-5,7,9-11H2,1H3,(H,18,21). The van der Waals surface area contributed by atoms with Crippen molar-refractivity contribution in [2.45, 2.75) is 43.4 Å². The lowest BCUT2D eigenvalue weighted by molar-refractivity contribution is -0.117. The molecule has 0 spiro atoms. The first kappa shape index (κ1) is 17.4. The van der Waals surface area contributed by atoms with Gasteiger partial charge in [-0.3, -0.25) is 9.69 Å². The van der Waals surface area contributed by atoms with E-state index < -0.39 is 15.3 Å². The Bertz CT molecular complexity index is 681. The number of carbonyl (C=O) groups excluding carboxylic acids is 1. The van der Waals surface area contributed by atoms with Gasteiger partial charge in [-0.05, 0) is 26.3 Å². The lowest BCUT2D eigenvalue weighted by atomic mass is 10.2. The molecule has 1 unspecified atom stereocenters. The van der Waals surface area contributed by atoms with Crippen LogP contribution in [0.25, 0.3) is 0 Å². The third-order valence-corrected chi connectivity index (χ3v) is 6.76. The maximum absolute atomic E-state index is 12.3. The van der Waals surface area contributed by atoms with Crippen molar-refractivity contribution < 1.29 is 13.2 Å². The summed E-state index contributed by atoms with van der Waals surface area (Å²) >= 11 is 0. The zero-order valence-corrected chi connectivity index (χ0v) is 14.8. The van der Waals surface area contributed by atoms with Gasteiger partial charge >= 0.3 is 0 Å². The molecule has 1 aromatic rings. The quantitative estimate of drug-likeness (QED) is 0.777. The molecular formula is C15H25N5O3S. The van der Waals surface area contributed by atoms with Gasteiger partial charge in [0.2, 0.25) is 15.9 Å². The average Bonchev–Trinajstić information content (AvgIpc) is 3.27. The van der Waals surface area contributed by atoms with Crippen LogP contribution in [0.4, 0.5) is 5.82 Å². The summed E-state index contributed by atoms with van der Waals surface area (Å²) in [5, 5.41) is 6.81. The Hall–Kier alpha value is -1.45. The molecule has 134 valence electrons. The van der Waals surface area contributed by atoms with Gasteiger partial charge in [0.15, 0.2) is 0 Å². The Morgan fingerprint density at radius 1 is 1.33 bits per heavy atom. The minimum absolute atomic E-state index is 0.128. The van der Waals surface area contributed by atoms with Crippen LogP contribution in [-0.4, -0.2) is 60.9 Å². The van der Waals surface area contributed by atoms with Gasteiger partial charge < -0.3 is 5.32 Å². The summed E-state index contributed by atoms with van der Waals surface area (Å²) in [4.78, 5) is 14.2. The molecule has 9 heteroatoms. The van der Waals surface area contributed by atoms with Crippen molar-refractivity contribution in [3.63, 3.8) is 0 Å². The van der Waals surface area contributed by atoms with E-state index >= 15 is 0 Å². The van der Waals surface area contributed by atoms with Gasteiger partial charge in [-0.1, -0.05) is 12.8 Å². The third kappa shape index (κ3) is 3.79. The zero-order valence-electron chi connectivity index (χ0n) is 13.9. The molecule has 1 aliphatic heterocycles. The summed E-state index contributed by atoms with van der Waals surface area (Å²) in [5.74, 6) is 0.600. The van der Waals surface area contributed by atoms with Crippen LogP contribution >= 0.6 is 0 Å². The molecule has 8 nitrogen and oxygen atoms in total. The molecule has 2 aliphatic rings. The first-order chi connectivity index (χ1) is 11.5. The summed E-state index contributed by atoms with van der Waals surface area (Å²) in [5.41, 5.74) is 0. The largest absolute Gasteiger partial charge is 0.310 e. The first-order valence-electron chi connectivity index (χ1n) is 8.47. The summed E-state index contributed by atoms with van der Waals surface area (Å²) in [6, 6.07) is 2.18. The number of anilines is 1. The number of carbonyl (C=O) groups is 1. The van der Waals surface area contributed by atoms with Crippen molar-refractivity contribution in [2.24, 2.45) is 0 Å². The molecule has 2 N–H and O–H groups in total. The van der Waals surface area contributed by atoms with E-state index in [9.17, 15) is 13.2 Å². The van der Waals surface area contributed by atoms with Crippen LogP contribution in [0.5, 0.6) is 0 Å². The van der Waals surface area contributed by atoms with Crippen molar-refractivity contribution >= 4 is 21.7 Å². The second-order valence-electron chi connectivity index (χ2n) is 6.54. The van der Waals surface area contributed by atoms with Gasteiger partial charge in [-0.2, -0.15) is 5.10 Å². The van der Waals surface area contributed by atoms with Gasteiger partial charge in [-0.15, -0.1) is 0 Å². The van der Waals surface area contributed by atoms with E-state index in [1.165, 1.54) is 19.9 Å². The smallest absolute Gasteiger partial charge is 0.239 e. The number of sulfonamides is 1. The van der Waals surface area contributed by atoms with Crippen LogP contribution in [0.3, 0.4) is 0 Å². The van der Waals surface area contributed by atoms with Gasteiger partial charge in [0.25, 0.3) is 0 Å². The van der Waals surface area contributed by atoms with Crippen LogP contribution in [0, 0.1) is 0 Å². The van der Waals surface area contributed by atoms with Gasteiger partial charge in [0.1, 0.15) is 5.82 Å². The molecule has 2 fully saturated rings. The summed E-state index contributed by atoms with van der Waals surface area (Å²) < 4.78 is 27.9. The van der Waals surface area contributed by atoms with Gasteiger partial charge in [0, 0.05) is 19.2 Å². The van der Waals surface area contributed by atoms with E-state index in [-0.39, 0.29) is 12.5 Å². The summed E-state index contributed by atoms with van der Waals surface area (Å²) in [7, 11) is -1.85. The molecule has 1 saturated carbocycles. The highest BCUT2D eigenvalue weighted by Crippen LogP contribution is 2.31. The van der Waals surface area contributed by atoms with Crippen LogP contribution < -0.4 is 10.0 Å². The van der Waals surface area contributed by atoms with E-state index in [4.69, 9.17) is 0 Å². The first-order valence-corrected chi connectivity index (χ1v) is 10.0. The van der Waals surface area contributed by atoms with E-state index in [1.54, 1.807) is 6.20 Å². The molecule has 1 amide bonds. The molecule has 1 aromatic heterocycles. The normalized spacial score (nSPS) is 23.0. The maximum Gasteiger partial charge on any atom is 0.239 e. The minimum atomic E-state index is -3.27. The average molecular weight is 355 g/mol. The highest BCUT2D eigenvalue weighted by atomic mass is 32.2. The highest BCUT2D eigenvalue weighted by molar-refractivity contribution is 7.90. The lowest BCUT2D eigenvalue weighted by Gasteiger charge is -2.17. The molecule has 1 saturated heterocycles. The van der Waals surface area contributed by atoms with Gasteiger partial charge in [0.05, 0.1) is 24.0 Å². The molecule has 24 heavy (non-hydrogen) atoms. The highest BCUT2D eigenvalue weighted by Gasteiger charge is 2.33. The summed E-state index contributed by atoms with van der Waals surface area (Å²) in [6.45, 7) is 1.20. The number of nitrogens with zero attached hydrogens (tertiary/aromatic N) is 3. The molecule has 2 heterocycles. The predicted octanol–water partition coefficient (Wildman–Crippen LogP) is 0.560. The minimum Gasteiger partial charge on any atom is -0.310 e. The van der Waals surface area contributed by atoms with Crippen molar-refractivity contribution in [2.75, 3.05) is 32.0 Å². The van der Waals surface area contributed by atoms with Crippen LogP contribution in [0.15, 0.2) is 12.3 Å². The fourth-order valence-electron chi connectivity index (χ4n) is 3.60. The van der Waals surface area contributed by atoms with Crippen LogP contribution in [0.1, 0.15) is 38.1 Å². The number of likely N-dealkylation sites (tertiary alicyclic amines) is 1. The van der Waals surface area contributed by atoms with Crippen molar-refractivity contribution in [1.29, 1.82) is 0 Å². The Kier molecular flexibility index (Phi) is 5.21. The molecular weight excluding hydrogens is 330 g/mol. The number of hydrogen-bond donors (Lipinski definition) is 2. The van der Waals surface area contributed by atoms with Crippen molar-refractivity contribution in [1.82, 2.24) is 19.4 Å². The van der Waals surface area contributed by atoms with Gasteiger partial charge in [-0.25, -0.2) is 17.8 Å². The molecule has 0 bridgehead atoms. The molecule has 0 aromatic carbocycles. The third-order valence-electron chi connectivity index (χ3n) is 4.93. The van der Waals surface area contributed by atoms with Crippen molar-refractivity contribution in [3.05, 3.63) is 12.3 Å². The van der Waals surface area contributed by atoms with Crippen LogP contribution in [0.2, 0.25) is 0 Å². The fourth-order valence-corrected chi connectivity index (χ4v) is 4.76. The second kappa shape index (κ2) is 7.20. The van der Waals surface area contributed by atoms with E-state index in [2.05, 4.69) is 15.1 Å². The number of rotatable bonds is 6. The Morgan fingerprint density at radius 3 is 2.79 bits per heavy atom. The number of hydrogen-bond acceptors (Lipinski definition) is 5. The molecule has 1 atom stereocenters. The lowest BCUT2D eigenvalue weighted by Crippen LogP contribution is -2.37. The fraction of sp³-hybridized carbons (Fsp3) is 0.733. The topological polar surface area (TPSA) is 96.3 Å². The van der Waals surface area contributed by atoms with E-state index in [1.807, 2.05) is 15.6 Å². The zero-order chi connectivity index (χ0) is 17.2. The van der Waals surface area contributed by atoms with Crippen LogP contribution in [-0.2, 0) is 14.8 Å². The number of nitrogens with one attached hydrogen (secondary N) is 2. The Balaban J connectivity index is 1.55. The van der Waals surface area contributed by atoms with E-state index in [0.29, 0.717) is 25.6 Å². The van der Waals surface area contributed by atoms with Crippen molar-refractivity contribution in [3.8, 4) is 0 Å². The molecule has 0 radical (unpaired) electrons. The second-order valence-corrected chi connectivity index (χ2v) is 8.71. The number of aromatic nitrogens is 2. The Labute approximate surface area is 142 Å². The monoisotopic (exact) mass is 355 g/mol. The van der Waals surface area contributed by atoms with E-state index in [0.717, 1.165) is 18.7 Å².